The molecule has 26 heavy (non-hydrogen) atoms. The van der Waals surface area contributed by atoms with E-state index in [4.69, 9.17) is 5.73 Å². The number of carbonyl (C=O) groups excluding carboxylic acids is 1. The van der Waals surface area contributed by atoms with Gasteiger partial charge in [0.05, 0.1) is 11.7 Å². The quantitative estimate of drug-likeness (QED) is 0.684. The summed E-state index contributed by atoms with van der Waals surface area (Å²) in [5, 5.41) is 9.20. The van der Waals surface area contributed by atoms with Gasteiger partial charge in [0.2, 0.25) is 5.91 Å². The van der Waals surface area contributed by atoms with Crippen LogP contribution < -0.4 is 21.7 Å². The van der Waals surface area contributed by atoms with Gasteiger partial charge in [0, 0.05) is 36.4 Å². The second-order valence-corrected chi connectivity index (χ2v) is 6.83. The number of benzene rings is 2. The molecule has 4 rings (SSSR count). The van der Waals surface area contributed by atoms with E-state index in [-0.39, 0.29) is 17.6 Å². The molecule has 0 bridgehead atoms. The molecular weight excluding hydrogens is 331 g/mol. The van der Waals surface area contributed by atoms with Crippen LogP contribution in [0.15, 0.2) is 36.2 Å². The van der Waals surface area contributed by atoms with Crippen LogP contribution in [0.25, 0.3) is 17.2 Å². The average Bonchev–Trinajstić information content (AvgIpc) is 2.53. The first kappa shape index (κ1) is 16.6. The minimum absolute atomic E-state index is 0.0288. The molecule has 1 amide bonds. The molecule has 0 atom stereocenters. The molecule has 2 aliphatic rings. The summed E-state index contributed by atoms with van der Waals surface area (Å²) >= 11 is 0. The summed E-state index contributed by atoms with van der Waals surface area (Å²) in [7, 11) is 0. The summed E-state index contributed by atoms with van der Waals surface area (Å²) in [6.45, 7) is 3.78. The Bertz CT molecular complexity index is 898. The second kappa shape index (κ2) is 6.46. The van der Waals surface area contributed by atoms with Crippen LogP contribution in [-0.4, -0.2) is 19.0 Å². The molecule has 5 nitrogen and oxygen atoms in total. The lowest BCUT2D eigenvalue weighted by molar-refractivity contribution is -0.121. The van der Waals surface area contributed by atoms with E-state index in [1.807, 2.05) is 31.2 Å². The summed E-state index contributed by atoms with van der Waals surface area (Å²) in [4.78, 5) is 12.5. The number of carbonyl (C=O) groups is 1. The Morgan fingerprint density at radius 3 is 2.81 bits per heavy atom. The number of anilines is 1. The smallest absolute Gasteiger partial charge is 0.230 e. The van der Waals surface area contributed by atoms with Gasteiger partial charge < -0.3 is 21.7 Å². The third kappa shape index (κ3) is 2.93. The Balaban J connectivity index is 1.82. The number of nitrogens with one attached hydrogen (secondary N) is 3. The zero-order valence-corrected chi connectivity index (χ0v) is 14.5. The van der Waals surface area contributed by atoms with E-state index < -0.39 is 0 Å². The Hall–Kier alpha value is -2.86. The highest BCUT2D eigenvalue weighted by Gasteiger charge is 2.26. The van der Waals surface area contributed by atoms with Crippen molar-refractivity contribution in [1.82, 2.24) is 10.6 Å². The molecule has 2 aliphatic heterocycles. The number of fused-ring (bicyclic) bond motifs is 1. The van der Waals surface area contributed by atoms with E-state index in [0.29, 0.717) is 36.7 Å². The van der Waals surface area contributed by atoms with Crippen molar-refractivity contribution >= 4 is 17.7 Å². The highest BCUT2D eigenvalue weighted by Crippen LogP contribution is 2.35. The van der Waals surface area contributed by atoms with Gasteiger partial charge in [0.1, 0.15) is 5.82 Å². The summed E-state index contributed by atoms with van der Waals surface area (Å²) in [6.07, 6.45) is 1.81. The van der Waals surface area contributed by atoms with Gasteiger partial charge in [-0.3, -0.25) is 4.79 Å². The molecule has 2 aromatic rings. The standard InChI is InChI=1S/C20H21FN4O/c1-11-3-2-4-16(21)19(11)12-5-13-10-24-18(22)7-15(13)17(6-12)25-20(26)14-8-23-9-14/h2-7,14,23-24H,8-10,22H2,1H3,(H,25,26). The van der Waals surface area contributed by atoms with Crippen molar-refractivity contribution in [3.63, 3.8) is 0 Å². The van der Waals surface area contributed by atoms with Gasteiger partial charge in [-0.25, -0.2) is 4.39 Å². The van der Waals surface area contributed by atoms with E-state index >= 15 is 0 Å². The fourth-order valence-electron chi connectivity index (χ4n) is 3.39. The minimum atomic E-state index is -0.274. The normalized spacial score (nSPS) is 16.2. The number of hydrogen-bond donors (Lipinski definition) is 4. The molecule has 6 heteroatoms. The molecule has 0 radical (unpaired) electrons. The molecule has 0 unspecified atom stereocenters. The molecule has 0 aliphatic carbocycles. The lowest BCUT2D eigenvalue weighted by atomic mass is 9.92. The predicted octanol–water partition coefficient (Wildman–Crippen LogP) is 2.32. The SMILES string of the molecule is Cc1cccc(F)c1-c1cc2c(c(NC(=O)C3CNC3)c1)C=C(N)NC2. The van der Waals surface area contributed by atoms with Crippen molar-refractivity contribution in [3.05, 3.63) is 58.7 Å². The summed E-state index contributed by atoms with van der Waals surface area (Å²) in [5.41, 5.74) is 10.6. The number of nitrogens with two attached hydrogens (primary N) is 1. The maximum Gasteiger partial charge on any atom is 0.230 e. The maximum absolute atomic E-state index is 14.5. The third-order valence-corrected chi connectivity index (χ3v) is 4.97. The molecule has 0 spiro atoms. The second-order valence-electron chi connectivity index (χ2n) is 6.83. The first-order valence-electron chi connectivity index (χ1n) is 8.68. The van der Waals surface area contributed by atoms with Gasteiger partial charge in [-0.2, -0.15) is 0 Å². The molecular formula is C20H21FN4O. The van der Waals surface area contributed by atoms with E-state index in [0.717, 1.165) is 22.3 Å². The van der Waals surface area contributed by atoms with Crippen LogP contribution in [0.1, 0.15) is 16.7 Å². The lowest BCUT2D eigenvalue weighted by Crippen LogP contribution is -2.48. The number of amides is 1. The zero-order valence-electron chi connectivity index (χ0n) is 14.5. The molecule has 1 saturated heterocycles. The van der Waals surface area contributed by atoms with Gasteiger partial charge in [-0.15, -0.1) is 0 Å². The monoisotopic (exact) mass is 352 g/mol. The third-order valence-electron chi connectivity index (χ3n) is 4.97. The van der Waals surface area contributed by atoms with Crippen LogP contribution in [0.2, 0.25) is 0 Å². The van der Waals surface area contributed by atoms with Crippen molar-refractivity contribution in [3.8, 4) is 11.1 Å². The van der Waals surface area contributed by atoms with Crippen LogP contribution in [0.5, 0.6) is 0 Å². The Labute approximate surface area is 151 Å². The van der Waals surface area contributed by atoms with Gasteiger partial charge >= 0.3 is 0 Å². The average molecular weight is 352 g/mol. The van der Waals surface area contributed by atoms with Crippen LogP contribution in [0, 0.1) is 18.7 Å². The van der Waals surface area contributed by atoms with Crippen molar-refractivity contribution in [2.45, 2.75) is 13.5 Å². The number of rotatable bonds is 3. The maximum atomic E-state index is 14.5. The summed E-state index contributed by atoms with van der Waals surface area (Å²) in [6, 6.07) is 8.83. The molecule has 0 aromatic heterocycles. The topological polar surface area (TPSA) is 79.2 Å². The molecule has 1 fully saturated rings. The highest BCUT2D eigenvalue weighted by molar-refractivity contribution is 5.97. The molecule has 134 valence electrons. The van der Waals surface area contributed by atoms with Crippen LogP contribution in [0.3, 0.4) is 0 Å². The van der Waals surface area contributed by atoms with Crippen LogP contribution >= 0.6 is 0 Å². The molecule has 0 saturated carbocycles. The number of hydrogen-bond acceptors (Lipinski definition) is 4. The summed E-state index contributed by atoms with van der Waals surface area (Å²) < 4.78 is 14.5. The van der Waals surface area contributed by atoms with E-state index in [1.165, 1.54) is 6.07 Å². The van der Waals surface area contributed by atoms with E-state index in [2.05, 4.69) is 16.0 Å². The van der Waals surface area contributed by atoms with Crippen LogP contribution in [0.4, 0.5) is 10.1 Å². The first-order valence-corrected chi connectivity index (χ1v) is 8.68. The molecule has 5 N–H and O–H groups in total. The van der Waals surface area contributed by atoms with E-state index in [9.17, 15) is 9.18 Å². The van der Waals surface area contributed by atoms with Gasteiger partial charge in [0.25, 0.3) is 0 Å². The Kier molecular flexibility index (Phi) is 4.12. The van der Waals surface area contributed by atoms with E-state index in [1.54, 1.807) is 6.07 Å². The number of halogens is 1. The zero-order chi connectivity index (χ0) is 18.3. The van der Waals surface area contributed by atoms with Crippen LogP contribution in [-0.2, 0) is 11.3 Å². The fraction of sp³-hybridized carbons (Fsp3) is 0.250. The van der Waals surface area contributed by atoms with Crippen molar-refractivity contribution in [2.75, 3.05) is 18.4 Å². The largest absolute Gasteiger partial charge is 0.386 e. The minimum Gasteiger partial charge on any atom is -0.386 e. The number of aryl methyl sites for hydroxylation is 1. The first-order chi connectivity index (χ1) is 12.5. The predicted molar refractivity (Wildman–Crippen MR) is 101 cm³/mol. The van der Waals surface area contributed by atoms with Gasteiger partial charge in [0.15, 0.2) is 0 Å². The van der Waals surface area contributed by atoms with Crippen molar-refractivity contribution < 1.29 is 9.18 Å². The Morgan fingerprint density at radius 1 is 1.31 bits per heavy atom. The van der Waals surface area contributed by atoms with Gasteiger partial charge in [-0.1, -0.05) is 12.1 Å². The van der Waals surface area contributed by atoms with Gasteiger partial charge in [-0.05, 0) is 47.9 Å². The molecule has 2 aromatic carbocycles. The Morgan fingerprint density at radius 2 is 2.12 bits per heavy atom. The lowest BCUT2D eigenvalue weighted by Gasteiger charge is -2.27. The molecule has 2 heterocycles. The summed E-state index contributed by atoms with van der Waals surface area (Å²) in [5.74, 6) is 0.212. The highest BCUT2D eigenvalue weighted by atomic mass is 19.1. The van der Waals surface area contributed by atoms with Crippen molar-refractivity contribution in [2.24, 2.45) is 11.7 Å². The van der Waals surface area contributed by atoms with Crippen molar-refractivity contribution in [1.29, 1.82) is 0 Å². The fourth-order valence-corrected chi connectivity index (χ4v) is 3.39.